The molecule has 0 unspecified atom stereocenters. The molecule has 0 aliphatic heterocycles. The molecule has 0 bridgehead atoms. The van der Waals surface area contributed by atoms with Crippen molar-refractivity contribution in [2.24, 2.45) is 0 Å². The normalized spacial score (nSPS) is 10.9. The lowest BCUT2D eigenvalue weighted by Gasteiger charge is -2.03. The molecular weight excluding hydrogens is 312 g/mol. The van der Waals surface area contributed by atoms with Crippen LogP contribution >= 0.6 is 15.9 Å². The summed E-state index contributed by atoms with van der Waals surface area (Å²) in [7, 11) is 0. The molecule has 0 heterocycles. The van der Waals surface area contributed by atoms with Crippen molar-refractivity contribution >= 4 is 21.7 Å². The second-order valence-electron chi connectivity index (χ2n) is 6.02. The molecule has 0 fully saturated rings. The molecule has 0 aliphatic rings. The van der Waals surface area contributed by atoms with Crippen LogP contribution in [0.15, 0.2) is 0 Å². The maximum atomic E-state index is 11.1. The van der Waals surface area contributed by atoms with Crippen molar-refractivity contribution in [2.75, 3.05) is 5.33 Å². The monoisotopic (exact) mass is 346 g/mol. The van der Waals surface area contributed by atoms with E-state index in [0.29, 0.717) is 11.1 Å². The number of unbranched alkanes of at least 4 members (excludes halogenated alkanes) is 13. The number of hydrogen-bond donors (Lipinski definition) is 0. The minimum atomic E-state index is 0.351. The lowest BCUT2D eigenvalue weighted by molar-refractivity contribution is -0.116. The number of carbonyl (C=O) groups is 1. The fraction of sp³-hybridized carbons (Fsp3) is 0.944. The van der Waals surface area contributed by atoms with Crippen molar-refractivity contribution in [1.82, 2.24) is 0 Å². The van der Waals surface area contributed by atoms with Crippen molar-refractivity contribution < 1.29 is 4.79 Å². The molecule has 0 N–H and O–H groups in total. The average molecular weight is 347 g/mol. The maximum Gasteiger partial charge on any atom is 0.143 e. The zero-order valence-corrected chi connectivity index (χ0v) is 15.2. The van der Waals surface area contributed by atoms with Crippen molar-refractivity contribution in [3.05, 3.63) is 0 Å². The van der Waals surface area contributed by atoms with Crippen molar-refractivity contribution in [1.29, 1.82) is 0 Å². The van der Waals surface area contributed by atoms with E-state index in [9.17, 15) is 4.79 Å². The smallest absolute Gasteiger partial charge is 0.143 e. The van der Waals surface area contributed by atoms with Crippen LogP contribution in [0.3, 0.4) is 0 Å². The molecule has 0 saturated carbocycles. The highest BCUT2D eigenvalue weighted by molar-refractivity contribution is 9.09. The number of halogens is 1. The number of ketones is 1. The number of Topliss-reactive ketones (excluding diaryl/α,β-unsaturated/α-hetero) is 1. The highest BCUT2D eigenvalue weighted by atomic mass is 79.9. The maximum absolute atomic E-state index is 11.1. The lowest BCUT2D eigenvalue weighted by atomic mass is 10.0. The first-order chi connectivity index (χ1) is 9.81. The number of carbonyl (C=O) groups excluding carboxylic acids is 1. The predicted molar refractivity (Wildman–Crippen MR) is 93.7 cm³/mol. The predicted octanol–water partition coefficient (Wildman–Crippen LogP) is 6.82. The highest BCUT2D eigenvalue weighted by Gasteiger charge is 1.98. The van der Waals surface area contributed by atoms with Crippen LogP contribution in [0.5, 0.6) is 0 Å². The number of hydrogen-bond acceptors (Lipinski definition) is 1. The van der Waals surface area contributed by atoms with Gasteiger partial charge in [0.15, 0.2) is 0 Å². The van der Waals surface area contributed by atoms with Gasteiger partial charge < -0.3 is 0 Å². The third kappa shape index (κ3) is 16.2. The first-order valence-corrected chi connectivity index (χ1v) is 10.0. The Labute approximate surface area is 135 Å². The van der Waals surface area contributed by atoms with Crippen molar-refractivity contribution in [2.45, 2.75) is 103 Å². The van der Waals surface area contributed by atoms with E-state index in [2.05, 4.69) is 22.9 Å². The molecule has 0 aliphatic carbocycles. The van der Waals surface area contributed by atoms with E-state index in [4.69, 9.17) is 0 Å². The minimum absolute atomic E-state index is 0.351. The van der Waals surface area contributed by atoms with Crippen LogP contribution in [0, 0.1) is 0 Å². The largest absolute Gasteiger partial charge is 0.299 e. The number of alkyl halides is 1. The van der Waals surface area contributed by atoms with E-state index in [-0.39, 0.29) is 0 Å². The van der Waals surface area contributed by atoms with E-state index in [1.807, 2.05) is 0 Å². The Morgan fingerprint density at radius 2 is 1.00 bits per heavy atom. The quantitative estimate of drug-likeness (QED) is 0.221. The van der Waals surface area contributed by atoms with Gasteiger partial charge in [0.2, 0.25) is 0 Å². The third-order valence-corrected chi connectivity index (χ3v) is 4.58. The molecule has 120 valence electrons. The molecule has 2 heteroatoms. The zero-order valence-electron chi connectivity index (χ0n) is 13.6. The Bertz CT molecular complexity index is 204. The molecule has 0 amide bonds. The molecule has 0 aromatic carbocycles. The summed E-state index contributed by atoms with van der Waals surface area (Å²) in [6, 6.07) is 0. The fourth-order valence-electron chi connectivity index (χ4n) is 2.58. The molecule has 20 heavy (non-hydrogen) atoms. The summed E-state index contributed by atoms with van der Waals surface area (Å²) >= 11 is 3.21. The van der Waals surface area contributed by atoms with Gasteiger partial charge >= 0.3 is 0 Å². The van der Waals surface area contributed by atoms with Gasteiger partial charge in [0.05, 0.1) is 5.33 Å². The third-order valence-electron chi connectivity index (χ3n) is 3.96. The molecule has 0 radical (unpaired) electrons. The molecule has 0 aromatic rings. The van der Waals surface area contributed by atoms with Crippen LogP contribution in [-0.2, 0) is 4.79 Å². The fourth-order valence-corrected chi connectivity index (χ4v) is 2.86. The second-order valence-corrected chi connectivity index (χ2v) is 6.58. The van der Waals surface area contributed by atoms with Crippen LogP contribution in [-0.4, -0.2) is 11.1 Å². The number of rotatable bonds is 16. The van der Waals surface area contributed by atoms with Gasteiger partial charge in [-0.3, -0.25) is 4.79 Å². The van der Waals surface area contributed by atoms with Gasteiger partial charge in [-0.05, 0) is 6.42 Å². The lowest BCUT2D eigenvalue weighted by Crippen LogP contribution is -1.97. The topological polar surface area (TPSA) is 17.1 Å². The van der Waals surface area contributed by atoms with E-state index in [1.165, 1.54) is 83.5 Å². The Morgan fingerprint density at radius 3 is 1.35 bits per heavy atom. The van der Waals surface area contributed by atoms with Crippen LogP contribution in [0.2, 0.25) is 0 Å². The molecule has 0 spiro atoms. The van der Waals surface area contributed by atoms with Gasteiger partial charge in [-0.15, -0.1) is 0 Å². The molecule has 0 saturated heterocycles. The van der Waals surface area contributed by atoms with Crippen LogP contribution in [0.1, 0.15) is 103 Å². The van der Waals surface area contributed by atoms with Crippen LogP contribution in [0.25, 0.3) is 0 Å². The molecule has 0 aromatic heterocycles. The summed E-state index contributed by atoms with van der Waals surface area (Å²) in [5.41, 5.74) is 0. The van der Waals surface area contributed by atoms with Gasteiger partial charge in [-0.2, -0.15) is 0 Å². The van der Waals surface area contributed by atoms with Gasteiger partial charge in [-0.25, -0.2) is 0 Å². The van der Waals surface area contributed by atoms with E-state index < -0.39 is 0 Å². The van der Waals surface area contributed by atoms with Gasteiger partial charge in [0.1, 0.15) is 5.78 Å². The summed E-state index contributed by atoms with van der Waals surface area (Å²) < 4.78 is 0. The zero-order chi connectivity index (χ0) is 14.9. The minimum Gasteiger partial charge on any atom is -0.299 e. The van der Waals surface area contributed by atoms with Crippen LogP contribution < -0.4 is 0 Å². The van der Waals surface area contributed by atoms with Crippen molar-refractivity contribution in [3.63, 3.8) is 0 Å². The Balaban J connectivity index is 2.97. The van der Waals surface area contributed by atoms with Crippen molar-refractivity contribution in [3.8, 4) is 0 Å². The highest BCUT2D eigenvalue weighted by Crippen LogP contribution is 2.13. The second kappa shape index (κ2) is 17.2. The summed E-state index contributed by atoms with van der Waals surface area (Å²) in [4.78, 5) is 11.1. The van der Waals surface area contributed by atoms with Gasteiger partial charge in [0.25, 0.3) is 0 Å². The Morgan fingerprint density at radius 1 is 0.650 bits per heavy atom. The van der Waals surface area contributed by atoms with E-state index >= 15 is 0 Å². The first-order valence-electron chi connectivity index (χ1n) is 8.89. The van der Waals surface area contributed by atoms with E-state index in [0.717, 1.165) is 12.8 Å². The van der Waals surface area contributed by atoms with Crippen LogP contribution in [0.4, 0.5) is 0 Å². The van der Waals surface area contributed by atoms with Gasteiger partial charge in [-0.1, -0.05) is 106 Å². The summed E-state index contributed by atoms with van der Waals surface area (Å²) in [6.07, 6.45) is 20.0. The Kier molecular flexibility index (Phi) is 17.3. The Hall–Kier alpha value is 0.150. The van der Waals surface area contributed by atoms with E-state index in [1.54, 1.807) is 0 Å². The summed E-state index contributed by atoms with van der Waals surface area (Å²) in [5, 5.41) is 0.533. The standard InChI is InChI=1S/C18H35BrO/c1-2-3-4-5-6-7-8-9-10-11-12-13-14-15-16-18(20)17-19/h2-17H2,1H3. The molecular formula is C18H35BrO. The summed E-state index contributed by atoms with van der Waals surface area (Å²) in [6.45, 7) is 2.28. The average Bonchev–Trinajstić information content (AvgIpc) is 2.47. The molecule has 1 nitrogen and oxygen atoms in total. The molecule has 0 rings (SSSR count). The SMILES string of the molecule is CCCCCCCCCCCCCCCCC(=O)CBr. The molecule has 0 atom stereocenters. The first kappa shape index (κ1) is 20.1. The summed E-state index contributed by atoms with van der Waals surface area (Å²) in [5.74, 6) is 0.351. The van der Waals surface area contributed by atoms with Gasteiger partial charge in [0, 0.05) is 6.42 Å².